The van der Waals surface area contributed by atoms with E-state index in [0.717, 1.165) is 37.0 Å². The molecule has 0 N–H and O–H groups in total. The van der Waals surface area contributed by atoms with E-state index in [-0.39, 0.29) is 31.5 Å². The molecule has 4 amide bonds. The van der Waals surface area contributed by atoms with Crippen molar-refractivity contribution in [3.63, 3.8) is 0 Å². The molecule has 150 valence electrons. The molecule has 3 aliphatic rings. The SMILES string of the molecule is CCOC(=O)CN(CC1CC1)C(=O)CN1C(=O)N(C)C2(CCCCC2)C1=O. The summed E-state index contributed by atoms with van der Waals surface area (Å²) in [6.07, 6.45) is 6.22. The van der Waals surface area contributed by atoms with Crippen LogP contribution in [0.25, 0.3) is 0 Å². The van der Waals surface area contributed by atoms with Crippen molar-refractivity contribution in [1.82, 2.24) is 14.7 Å². The molecular weight excluding hydrogens is 350 g/mol. The third kappa shape index (κ3) is 3.94. The fraction of sp³-hybridized carbons (Fsp3) is 0.789. The molecule has 8 heteroatoms. The molecule has 0 aromatic carbocycles. The normalized spacial score (nSPS) is 21.7. The number of carbonyl (C=O) groups excluding carboxylic acids is 4. The lowest BCUT2D eigenvalue weighted by atomic mass is 9.81. The van der Waals surface area contributed by atoms with Gasteiger partial charge in [-0.2, -0.15) is 0 Å². The Kier molecular flexibility index (Phi) is 5.72. The molecule has 3 fully saturated rings. The molecule has 3 rings (SSSR count). The van der Waals surface area contributed by atoms with E-state index in [1.807, 2.05) is 0 Å². The molecule has 2 aliphatic carbocycles. The number of amides is 4. The van der Waals surface area contributed by atoms with Crippen LogP contribution in [-0.2, 0) is 19.1 Å². The Balaban J connectivity index is 1.69. The Labute approximate surface area is 159 Å². The van der Waals surface area contributed by atoms with Crippen molar-refractivity contribution < 1.29 is 23.9 Å². The Morgan fingerprint density at radius 1 is 1.19 bits per heavy atom. The van der Waals surface area contributed by atoms with Crippen molar-refractivity contribution in [1.29, 1.82) is 0 Å². The maximum Gasteiger partial charge on any atom is 0.327 e. The fourth-order valence-electron chi connectivity index (χ4n) is 4.14. The molecule has 1 spiro atoms. The van der Waals surface area contributed by atoms with E-state index in [1.54, 1.807) is 14.0 Å². The van der Waals surface area contributed by atoms with Crippen LogP contribution < -0.4 is 0 Å². The Morgan fingerprint density at radius 2 is 1.85 bits per heavy atom. The number of imide groups is 1. The maximum absolute atomic E-state index is 13.0. The first-order valence-corrected chi connectivity index (χ1v) is 9.92. The molecule has 8 nitrogen and oxygen atoms in total. The maximum atomic E-state index is 13.0. The average molecular weight is 379 g/mol. The highest BCUT2D eigenvalue weighted by Gasteiger charge is 2.56. The monoisotopic (exact) mass is 379 g/mol. The summed E-state index contributed by atoms with van der Waals surface area (Å²) in [5.41, 5.74) is -0.794. The van der Waals surface area contributed by atoms with E-state index in [0.29, 0.717) is 25.3 Å². The Hall–Kier alpha value is -2.12. The van der Waals surface area contributed by atoms with Gasteiger partial charge in [0.1, 0.15) is 18.6 Å². The predicted octanol–water partition coefficient (Wildman–Crippen LogP) is 1.38. The van der Waals surface area contributed by atoms with Crippen molar-refractivity contribution in [3.05, 3.63) is 0 Å². The first-order valence-electron chi connectivity index (χ1n) is 9.92. The lowest BCUT2D eigenvalue weighted by molar-refractivity contribution is -0.149. The van der Waals surface area contributed by atoms with Gasteiger partial charge >= 0.3 is 12.0 Å². The van der Waals surface area contributed by atoms with Crippen molar-refractivity contribution in [2.75, 3.05) is 33.3 Å². The number of hydrogen-bond acceptors (Lipinski definition) is 5. The second-order valence-corrected chi connectivity index (χ2v) is 7.85. The molecule has 0 unspecified atom stereocenters. The smallest absolute Gasteiger partial charge is 0.327 e. The summed E-state index contributed by atoms with van der Waals surface area (Å²) in [4.78, 5) is 54.4. The highest BCUT2D eigenvalue weighted by atomic mass is 16.5. The van der Waals surface area contributed by atoms with Crippen molar-refractivity contribution in [2.45, 2.75) is 57.4 Å². The molecule has 0 atom stereocenters. The summed E-state index contributed by atoms with van der Waals surface area (Å²) in [5.74, 6) is -0.726. The topological polar surface area (TPSA) is 87.2 Å². The van der Waals surface area contributed by atoms with Gasteiger partial charge in [0.05, 0.1) is 6.61 Å². The van der Waals surface area contributed by atoms with E-state index in [1.165, 1.54) is 9.80 Å². The van der Waals surface area contributed by atoms with Crippen LogP contribution in [0.4, 0.5) is 4.79 Å². The molecule has 1 heterocycles. The zero-order chi connectivity index (χ0) is 19.6. The van der Waals surface area contributed by atoms with Crippen LogP contribution in [0.15, 0.2) is 0 Å². The molecule has 0 radical (unpaired) electrons. The van der Waals surface area contributed by atoms with Gasteiger partial charge in [0, 0.05) is 13.6 Å². The van der Waals surface area contributed by atoms with Crippen molar-refractivity contribution in [3.8, 4) is 0 Å². The quantitative estimate of drug-likeness (QED) is 0.493. The van der Waals surface area contributed by atoms with Crippen LogP contribution in [0.3, 0.4) is 0 Å². The van der Waals surface area contributed by atoms with Gasteiger partial charge in [0.2, 0.25) is 5.91 Å². The molecular formula is C19H29N3O5. The molecule has 27 heavy (non-hydrogen) atoms. The van der Waals surface area contributed by atoms with Gasteiger partial charge in [-0.05, 0) is 38.5 Å². The number of hydrogen-bond donors (Lipinski definition) is 0. The van der Waals surface area contributed by atoms with Gasteiger partial charge in [-0.15, -0.1) is 0 Å². The highest BCUT2D eigenvalue weighted by Crippen LogP contribution is 2.39. The first-order chi connectivity index (χ1) is 12.9. The van der Waals surface area contributed by atoms with Crippen LogP contribution in [0.1, 0.15) is 51.9 Å². The Morgan fingerprint density at radius 3 is 2.44 bits per heavy atom. The average Bonchev–Trinajstić information content (AvgIpc) is 3.46. The van der Waals surface area contributed by atoms with Crippen LogP contribution in [0.2, 0.25) is 0 Å². The minimum Gasteiger partial charge on any atom is -0.465 e. The molecule has 0 aromatic heterocycles. The minimum absolute atomic E-state index is 0.139. The summed E-state index contributed by atoms with van der Waals surface area (Å²) in [6.45, 7) is 1.98. The molecule has 1 saturated heterocycles. The van der Waals surface area contributed by atoms with Crippen LogP contribution in [0.5, 0.6) is 0 Å². The zero-order valence-corrected chi connectivity index (χ0v) is 16.2. The molecule has 2 saturated carbocycles. The van der Waals surface area contributed by atoms with E-state index in [2.05, 4.69) is 0 Å². The summed E-state index contributed by atoms with van der Waals surface area (Å²) >= 11 is 0. The summed E-state index contributed by atoms with van der Waals surface area (Å²) in [5, 5.41) is 0. The van der Waals surface area contributed by atoms with E-state index in [4.69, 9.17) is 4.74 Å². The van der Waals surface area contributed by atoms with Crippen molar-refractivity contribution >= 4 is 23.8 Å². The Bertz CT molecular complexity index is 625. The highest BCUT2D eigenvalue weighted by molar-refractivity contribution is 6.09. The lowest BCUT2D eigenvalue weighted by Crippen LogP contribution is -2.50. The predicted molar refractivity (Wildman–Crippen MR) is 96.6 cm³/mol. The van der Waals surface area contributed by atoms with Gasteiger partial charge in [-0.25, -0.2) is 4.79 Å². The summed E-state index contributed by atoms with van der Waals surface area (Å²) in [7, 11) is 1.65. The van der Waals surface area contributed by atoms with Gasteiger partial charge in [-0.1, -0.05) is 19.3 Å². The second-order valence-electron chi connectivity index (χ2n) is 7.85. The first kappa shape index (κ1) is 19.6. The zero-order valence-electron chi connectivity index (χ0n) is 16.2. The number of likely N-dealkylation sites (N-methyl/N-ethyl adjacent to an activating group) is 1. The summed E-state index contributed by atoms with van der Waals surface area (Å²) in [6, 6.07) is -0.419. The van der Waals surface area contributed by atoms with Gasteiger partial charge < -0.3 is 14.5 Å². The third-order valence-electron chi connectivity index (χ3n) is 5.93. The van der Waals surface area contributed by atoms with Crippen LogP contribution in [0, 0.1) is 5.92 Å². The van der Waals surface area contributed by atoms with Gasteiger partial charge in [0.15, 0.2) is 0 Å². The van der Waals surface area contributed by atoms with Gasteiger partial charge in [0.25, 0.3) is 5.91 Å². The van der Waals surface area contributed by atoms with Gasteiger partial charge in [-0.3, -0.25) is 19.3 Å². The number of rotatable bonds is 7. The van der Waals surface area contributed by atoms with E-state index in [9.17, 15) is 19.2 Å². The largest absolute Gasteiger partial charge is 0.465 e. The van der Waals surface area contributed by atoms with E-state index >= 15 is 0 Å². The summed E-state index contributed by atoms with van der Waals surface area (Å²) < 4.78 is 4.96. The molecule has 0 aromatic rings. The number of ether oxygens (including phenoxy) is 1. The second kappa shape index (κ2) is 7.86. The third-order valence-corrected chi connectivity index (χ3v) is 5.93. The van der Waals surface area contributed by atoms with E-state index < -0.39 is 17.5 Å². The lowest BCUT2D eigenvalue weighted by Gasteiger charge is -2.35. The minimum atomic E-state index is -0.794. The number of urea groups is 1. The van der Waals surface area contributed by atoms with Crippen molar-refractivity contribution in [2.24, 2.45) is 5.92 Å². The number of nitrogens with zero attached hydrogens (tertiary/aromatic N) is 3. The molecule has 1 aliphatic heterocycles. The van der Waals surface area contributed by atoms with Crippen LogP contribution >= 0.6 is 0 Å². The number of carbonyl (C=O) groups is 4. The standard InChI is InChI=1S/C19H29N3O5/c1-3-27-16(24)13-21(11-14-7-8-14)15(23)12-22-17(25)19(20(2)18(22)26)9-5-4-6-10-19/h14H,3-13H2,1-2H3. The molecule has 0 bridgehead atoms. The fourth-order valence-corrected chi connectivity index (χ4v) is 4.14. The number of esters is 1. The van der Waals surface area contributed by atoms with Crippen LogP contribution in [-0.4, -0.2) is 77.3 Å².